The molecule has 4 aromatic rings. The summed E-state index contributed by atoms with van der Waals surface area (Å²) in [7, 11) is -4.29. The van der Waals surface area contributed by atoms with Crippen molar-refractivity contribution in [2.45, 2.75) is 37.8 Å². The smallest absolute Gasteiger partial charge is 0.264 e. The highest BCUT2D eigenvalue weighted by Crippen LogP contribution is 2.25. The standard InChI is InChI=1S/C34H35F2N3O4S/c1-25(2)22-37-34(41)32(21-26-9-5-3-6-10-26)38(23-27-13-15-28(35)16-14-27)33(40)24-39(30-19-17-29(36)18-20-30)44(42,43)31-11-7-4-8-12-31/h3-20,25,32H,21-24H2,1-2H3,(H,37,41)/t32-/m1/s1. The van der Waals surface area contributed by atoms with E-state index in [1.54, 1.807) is 18.2 Å². The Morgan fingerprint density at radius 2 is 1.30 bits per heavy atom. The first-order valence-electron chi connectivity index (χ1n) is 14.2. The van der Waals surface area contributed by atoms with Crippen LogP contribution < -0.4 is 9.62 Å². The van der Waals surface area contributed by atoms with Gasteiger partial charge in [0.2, 0.25) is 11.8 Å². The predicted molar refractivity (Wildman–Crippen MR) is 166 cm³/mol. The molecule has 0 aliphatic rings. The van der Waals surface area contributed by atoms with Crippen molar-refractivity contribution in [2.24, 2.45) is 5.92 Å². The number of amides is 2. The van der Waals surface area contributed by atoms with E-state index in [1.807, 2.05) is 44.2 Å². The maximum absolute atomic E-state index is 14.3. The Balaban J connectivity index is 1.78. The van der Waals surface area contributed by atoms with E-state index >= 15 is 0 Å². The van der Waals surface area contributed by atoms with E-state index in [1.165, 1.54) is 53.4 Å². The number of anilines is 1. The van der Waals surface area contributed by atoms with E-state index in [9.17, 15) is 26.8 Å². The number of benzene rings is 4. The van der Waals surface area contributed by atoms with E-state index in [0.29, 0.717) is 12.1 Å². The van der Waals surface area contributed by atoms with Gasteiger partial charge >= 0.3 is 0 Å². The van der Waals surface area contributed by atoms with Crippen molar-refractivity contribution >= 4 is 27.5 Å². The molecule has 10 heteroatoms. The van der Waals surface area contributed by atoms with Gasteiger partial charge in [-0.2, -0.15) is 0 Å². The minimum Gasteiger partial charge on any atom is -0.354 e. The summed E-state index contributed by atoms with van der Waals surface area (Å²) < 4.78 is 56.3. The van der Waals surface area contributed by atoms with Crippen molar-refractivity contribution in [1.82, 2.24) is 10.2 Å². The Hall–Kier alpha value is -4.57. The van der Waals surface area contributed by atoms with Crippen molar-refractivity contribution in [1.29, 1.82) is 0 Å². The predicted octanol–water partition coefficient (Wildman–Crippen LogP) is 5.57. The average molecular weight is 620 g/mol. The molecule has 0 aliphatic heterocycles. The van der Waals surface area contributed by atoms with Gasteiger partial charge in [0.1, 0.15) is 24.2 Å². The topological polar surface area (TPSA) is 86.8 Å². The van der Waals surface area contributed by atoms with Crippen LogP contribution in [-0.4, -0.2) is 44.3 Å². The van der Waals surface area contributed by atoms with E-state index in [0.717, 1.165) is 22.0 Å². The fourth-order valence-corrected chi connectivity index (χ4v) is 6.05. The van der Waals surface area contributed by atoms with Crippen molar-refractivity contribution in [3.63, 3.8) is 0 Å². The molecule has 0 radical (unpaired) electrons. The van der Waals surface area contributed by atoms with Gasteiger partial charge < -0.3 is 10.2 Å². The first-order valence-corrected chi connectivity index (χ1v) is 15.7. The summed E-state index contributed by atoms with van der Waals surface area (Å²) in [4.78, 5) is 29.3. The molecule has 1 N–H and O–H groups in total. The lowest BCUT2D eigenvalue weighted by Gasteiger charge is -2.34. The number of nitrogens with one attached hydrogen (secondary N) is 1. The second-order valence-corrected chi connectivity index (χ2v) is 12.7. The van der Waals surface area contributed by atoms with Crippen LogP contribution in [0.5, 0.6) is 0 Å². The van der Waals surface area contributed by atoms with Gasteiger partial charge in [0.15, 0.2) is 0 Å². The summed E-state index contributed by atoms with van der Waals surface area (Å²) in [5.74, 6) is -1.96. The van der Waals surface area contributed by atoms with Gasteiger partial charge in [-0.25, -0.2) is 17.2 Å². The molecule has 7 nitrogen and oxygen atoms in total. The van der Waals surface area contributed by atoms with E-state index in [2.05, 4.69) is 5.32 Å². The van der Waals surface area contributed by atoms with Gasteiger partial charge in [-0.3, -0.25) is 13.9 Å². The normalized spacial score (nSPS) is 12.0. The molecule has 0 saturated carbocycles. The van der Waals surface area contributed by atoms with Crippen molar-refractivity contribution in [3.8, 4) is 0 Å². The molecule has 0 bridgehead atoms. The minimum absolute atomic E-state index is 0.0577. The largest absolute Gasteiger partial charge is 0.354 e. The molecule has 0 spiro atoms. The van der Waals surface area contributed by atoms with Crippen LogP contribution in [0.4, 0.5) is 14.5 Å². The van der Waals surface area contributed by atoms with Crippen molar-refractivity contribution in [2.75, 3.05) is 17.4 Å². The van der Waals surface area contributed by atoms with Crippen LogP contribution in [-0.2, 0) is 32.6 Å². The number of sulfonamides is 1. The summed E-state index contributed by atoms with van der Waals surface area (Å²) in [5, 5.41) is 2.91. The zero-order valence-electron chi connectivity index (χ0n) is 24.6. The third-order valence-electron chi connectivity index (χ3n) is 6.95. The number of halogens is 2. The third kappa shape index (κ3) is 8.50. The molecule has 4 aromatic carbocycles. The maximum Gasteiger partial charge on any atom is 0.264 e. The number of rotatable bonds is 13. The number of hydrogen-bond acceptors (Lipinski definition) is 4. The number of nitrogens with zero attached hydrogens (tertiary/aromatic N) is 2. The molecule has 0 heterocycles. The second kappa shape index (κ2) is 14.7. The Labute approximate surface area is 257 Å². The molecule has 0 saturated heterocycles. The molecule has 4 rings (SSSR count). The summed E-state index contributed by atoms with van der Waals surface area (Å²) in [5.41, 5.74) is 1.42. The fraction of sp³-hybridized carbons (Fsp3) is 0.235. The van der Waals surface area contributed by atoms with Crippen molar-refractivity contribution < 1.29 is 26.8 Å². The Kier molecular flexibility index (Phi) is 10.8. The second-order valence-electron chi connectivity index (χ2n) is 10.8. The number of carbonyl (C=O) groups excluding carboxylic acids is 2. The molecular weight excluding hydrogens is 584 g/mol. The molecule has 1 atom stereocenters. The molecule has 0 unspecified atom stereocenters. The van der Waals surface area contributed by atoms with Gasteiger partial charge in [0.05, 0.1) is 10.6 Å². The van der Waals surface area contributed by atoms with Gasteiger partial charge in [-0.15, -0.1) is 0 Å². The molecule has 0 aliphatic carbocycles. The van der Waals surface area contributed by atoms with Crippen LogP contribution in [0.2, 0.25) is 0 Å². The Morgan fingerprint density at radius 1 is 0.750 bits per heavy atom. The van der Waals surface area contributed by atoms with Gasteiger partial charge in [-0.1, -0.05) is 74.5 Å². The van der Waals surface area contributed by atoms with Crippen LogP contribution in [0.1, 0.15) is 25.0 Å². The molecular formula is C34H35F2N3O4S. The lowest BCUT2D eigenvalue weighted by molar-refractivity contribution is -0.140. The zero-order chi connectivity index (χ0) is 31.7. The third-order valence-corrected chi connectivity index (χ3v) is 8.73. The molecule has 230 valence electrons. The number of hydrogen-bond donors (Lipinski definition) is 1. The lowest BCUT2D eigenvalue weighted by Crippen LogP contribution is -2.53. The Morgan fingerprint density at radius 3 is 1.86 bits per heavy atom. The van der Waals surface area contributed by atoms with Gasteiger partial charge in [-0.05, 0) is 65.6 Å². The van der Waals surface area contributed by atoms with Crippen LogP contribution in [0, 0.1) is 17.6 Å². The van der Waals surface area contributed by atoms with Crippen LogP contribution in [0.25, 0.3) is 0 Å². The minimum atomic E-state index is -4.29. The summed E-state index contributed by atoms with van der Waals surface area (Å²) in [6, 6.07) is 26.1. The summed E-state index contributed by atoms with van der Waals surface area (Å²) in [6.45, 7) is 3.50. The van der Waals surface area contributed by atoms with Gasteiger partial charge in [0.25, 0.3) is 10.0 Å². The fourth-order valence-electron chi connectivity index (χ4n) is 4.62. The maximum atomic E-state index is 14.3. The average Bonchev–Trinajstić information content (AvgIpc) is 3.02. The first kappa shape index (κ1) is 32.3. The summed E-state index contributed by atoms with van der Waals surface area (Å²) >= 11 is 0. The molecule has 0 fully saturated rings. The Bertz CT molecular complexity index is 1630. The molecule has 0 aromatic heterocycles. The van der Waals surface area contributed by atoms with Gasteiger partial charge in [0, 0.05) is 19.5 Å². The van der Waals surface area contributed by atoms with E-state index in [4.69, 9.17) is 0 Å². The van der Waals surface area contributed by atoms with E-state index < -0.39 is 46.1 Å². The SMILES string of the molecule is CC(C)CNC(=O)[C@@H](Cc1ccccc1)N(Cc1ccc(F)cc1)C(=O)CN(c1ccc(F)cc1)S(=O)(=O)c1ccccc1. The highest BCUT2D eigenvalue weighted by atomic mass is 32.2. The quantitative estimate of drug-likeness (QED) is 0.212. The molecule has 44 heavy (non-hydrogen) atoms. The lowest BCUT2D eigenvalue weighted by atomic mass is 10.0. The highest BCUT2D eigenvalue weighted by Gasteiger charge is 2.34. The van der Waals surface area contributed by atoms with Crippen LogP contribution >= 0.6 is 0 Å². The zero-order valence-corrected chi connectivity index (χ0v) is 25.4. The van der Waals surface area contributed by atoms with E-state index in [-0.39, 0.29) is 29.5 Å². The highest BCUT2D eigenvalue weighted by molar-refractivity contribution is 7.92. The monoisotopic (exact) mass is 619 g/mol. The summed E-state index contributed by atoms with van der Waals surface area (Å²) in [6.07, 6.45) is 0.152. The number of carbonyl (C=O) groups is 2. The van der Waals surface area contributed by atoms with Crippen molar-refractivity contribution in [3.05, 3.63) is 132 Å². The van der Waals surface area contributed by atoms with Crippen LogP contribution in [0.15, 0.2) is 114 Å². The first-order chi connectivity index (χ1) is 21.0. The molecule has 2 amide bonds. The van der Waals surface area contributed by atoms with Crippen LogP contribution in [0.3, 0.4) is 0 Å².